The van der Waals surface area contributed by atoms with Gasteiger partial charge in [0.1, 0.15) is 10.4 Å². The zero-order valence-electron chi connectivity index (χ0n) is 12.4. The molecule has 1 N–H and O–H groups in total. The molecule has 4 nitrogen and oxygen atoms in total. The minimum atomic E-state index is -3.67. The van der Waals surface area contributed by atoms with Crippen molar-refractivity contribution in [2.45, 2.75) is 32.6 Å². The molecule has 0 amide bonds. The molecular weight excluding hydrogens is 352 g/mol. The summed E-state index contributed by atoms with van der Waals surface area (Å²) in [5, 5.41) is 0. The number of hydrogen-bond acceptors (Lipinski definition) is 3. The molecule has 0 fully saturated rings. The van der Waals surface area contributed by atoms with Crippen LogP contribution in [0.1, 0.15) is 22.3 Å². The summed E-state index contributed by atoms with van der Waals surface area (Å²) in [7, 11) is -3.67. The van der Waals surface area contributed by atoms with Gasteiger partial charge in [0.15, 0.2) is 0 Å². The van der Waals surface area contributed by atoms with Crippen molar-refractivity contribution in [3.63, 3.8) is 0 Å². The van der Waals surface area contributed by atoms with E-state index in [9.17, 15) is 8.42 Å². The Kier molecular flexibility index (Phi) is 4.39. The standard InChI is InChI=1S/C15H17BrN2O2S/c1-9-8-10(2)12(4)15(11(9)3)21(19,20)18-14-7-5-6-13(16)17-14/h5-8H,1-4H3,(H,17,18). The lowest BCUT2D eigenvalue weighted by Crippen LogP contribution is -2.17. The molecule has 1 aromatic heterocycles. The van der Waals surface area contributed by atoms with Crippen molar-refractivity contribution in [1.29, 1.82) is 0 Å². The maximum atomic E-state index is 12.7. The second kappa shape index (κ2) is 5.77. The van der Waals surface area contributed by atoms with E-state index in [1.54, 1.807) is 18.2 Å². The second-order valence-corrected chi connectivity index (χ2v) is 7.47. The third-order valence-corrected chi connectivity index (χ3v) is 5.59. The number of anilines is 1. The Bertz CT molecular complexity index is 775. The molecule has 0 unspecified atom stereocenters. The van der Waals surface area contributed by atoms with E-state index in [1.807, 2.05) is 33.8 Å². The van der Waals surface area contributed by atoms with Gasteiger partial charge in [-0.25, -0.2) is 13.4 Å². The van der Waals surface area contributed by atoms with Crippen LogP contribution in [0.4, 0.5) is 5.82 Å². The molecule has 1 heterocycles. The lowest BCUT2D eigenvalue weighted by atomic mass is 10.0. The molecule has 6 heteroatoms. The van der Waals surface area contributed by atoms with Crippen LogP contribution in [-0.2, 0) is 10.0 Å². The lowest BCUT2D eigenvalue weighted by Gasteiger charge is -2.16. The van der Waals surface area contributed by atoms with Gasteiger partial charge in [0.2, 0.25) is 0 Å². The Morgan fingerprint density at radius 1 is 1.05 bits per heavy atom. The molecule has 2 rings (SSSR count). The first-order valence-electron chi connectivity index (χ1n) is 6.45. The molecule has 112 valence electrons. The fraction of sp³-hybridized carbons (Fsp3) is 0.267. The number of nitrogens with zero attached hydrogens (tertiary/aromatic N) is 1. The summed E-state index contributed by atoms with van der Waals surface area (Å²) in [6.07, 6.45) is 0. The summed E-state index contributed by atoms with van der Waals surface area (Å²) in [5.41, 5.74) is 3.45. The highest BCUT2D eigenvalue weighted by Gasteiger charge is 2.22. The first-order valence-corrected chi connectivity index (χ1v) is 8.73. The third-order valence-electron chi connectivity index (χ3n) is 3.52. The molecule has 0 spiro atoms. The quantitative estimate of drug-likeness (QED) is 0.836. The number of sulfonamides is 1. The molecule has 0 saturated carbocycles. The van der Waals surface area contributed by atoms with E-state index in [-0.39, 0.29) is 0 Å². The smallest absolute Gasteiger partial charge is 0.263 e. The number of benzene rings is 1. The van der Waals surface area contributed by atoms with Crippen LogP contribution in [0, 0.1) is 27.7 Å². The van der Waals surface area contributed by atoms with Gasteiger partial charge in [0.05, 0.1) is 4.90 Å². The number of hydrogen-bond donors (Lipinski definition) is 1. The minimum absolute atomic E-state index is 0.294. The van der Waals surface area contributed by atoms with Crippen molar-refractivity contribution in [2.24, 2.45) is 0 Å². The summed E-state index contributed by atoms with van der Waals surface area (Å²) >= 11 is 3.23. The van der Waals surface area contributed by atoms with Crippen molar-refractivity contribution in [3.8, 4) is 0 Å². The maximum absolute atomic E-state index is 12.7. The fourth-order valence-electron chi connectivity index (χ4n) is 2.24. The summed E-state index contributed by atoms with van der Waals surface area (Å²) in [6, 6.07) is 7.10. The van der Waals surface area contributed by atoms with Crippen molar-refractivity contribution >= 4 is 31.8 Å². The second-order valence-electron chi connectivity index (χ2n) is 5.04. The summed E-state index contributed by atoms with van der Waals surface area (Å²) in [5.74, 6) is 0.294. The van der Waals surface area contributed by atoms with Crippen LogP contribution in [0.15, 0.2) is 33.8 Å². The average Bonchev–Trinajstić information content (AvgIpc) is 2.35. The number of rotatable bonds is 3. The Morgan fingerprint density at radius 3 is 2.14 bits per heavy atom. The molecule has 0 radical (unpaired) electrons. The number of halogens is 1. The highest BCUT2D eigenvalue weighted by molar-refractivity contribution is 9.10. The zero-order valence-corrected chi connectivity index (χ0v) is 14.8. The predicted molar refractivity (Wildman–Crippen MR) is 88.1 cm³/mol. The van der Waals surface area contributed by atoms with Gasteiger partial charge in [-0.1, -0.05) is 12.1 Å². The van der Waals surface area contributed by atoms with Crippen molar-refractivity contribution in [3.05, 3.63) is 51.1 Å². The van der Waals surface area contributed by atoms with Gasteiger partial charge in [-0.05, 0) is 78.0 Å². The molecular formula is C15H17BrN2O2S. The number of aryl methyl sites for hydroxylation is 2. The summed E-state index contributed by atoms with van der Waals surface area (Å²) < 4.78 is 28.5. The average molecular weight is 369 g/mol. The first kappa shape index (κ1) is 16.0. The molecule has 2 aromatic rings. The van der Waals surface area contributed by atoms with Gasteiger partial charge in [-0.15, -0.1) is 0 Å². The lowest BCUT2D eigenvalue weighted by molar-refractivity contribution is 0.599. The molecule has 0 saturated heterocycles. The van der Waals surface area contributed by atoms with E-state index >= 15 is 0 Å². The molecule has 1 aromatic carbocycles. The van der Waals surface area contributed by atoms with Crippen LogP contribution in [0.5, 0.6) is 0 Å². The van der Waals surface area contributed by atoms with Crippen LogP contribution in [0.3, 0.4) is 0 Å². The van der Waals surface area contributed by atoms with Crippen LogP contribution < -0.4 is 4.72 Å². The first-order chi connectivity index (χ1) is 9.72. The van der Waals surface area contributed by atoms with E-state index in [2.05, 4.69) is 25.6 Å². The van der Waals surface area contributed by atoms with Crippen LogP contribution in [-0.4, -0.2) is 13.4 Å². The molecule has 0 bridgehead atoms. The maximum Gasteiger partial charge on any atom is 0.263 e. The number of aromatic nitrogens is 1. The van der Waals surface area contributed by atoms with E-state index in [0.29, 0.717) is 15.3 Å². The highest BCUT2D eigenvalue weighted by atomic mass is 79.9. The van der Waals surface area contributed by atoms with E-state index < -0.39 is 10.0 Å². The normalized spacial score (nSPS) is 11.5. The van der Waals surface area contributed by atoms with Gasteiger partial charge < -0.3 is 0 Å². The number of pyridine rings is 1. The van der Waals surface area contributed by atoms with Gasteiger partial charge in [0, 0.05) is 0 Å². The molecule has 0 aliphatic carbocycles. The Labute approximate surface area is 133 Å². The zero-order chi connectivity index (χ0) is 15.8. The Morgan fingerprint density at radius 2 is 1.62 bits per heavy atom. The summed E-state index contributed by atoms with van der Waals surface area (Å²) in [4.78, 5) is 4.45. The highest BCUT2D eigenvalue weighted by Crippen LogP contribution is 2.27. The van der Waals surface area contributed by atoms with Gasteiger partial charge in [-0.3, -0.25) is 4.72 Å². The molecule has 0 atom stereocenters. The van der Waals surface area contributed by atoms with Gasteiger partial charge >= 0.3 is 0 Å². The largest absolute Gasteiger partial charge is 0.263 e. The molecule has 21 heavy (non-hydrogen) atoms. The Balaban J connectivity index is 2.55. The van der Waals surface area contributed by atoms with Crippen molar-refractivity contribution < 1.29 is 8.42 Å². The summed E-state index contributed by atoms with van der Waals surface area (Å²) in [6.45, 7) is 7.48. The fourth-order valence-corrected chi connectivity index (χ4v) is 4.20. The van der Waals surface area contributed by atoms with E-state index in [4.69, 9.17) is 0 Å². The number of nitrogens with one attached hydrogen (secondary N) is 1. The predicted octanol–water partition coefficient (Wildman–Crippen LogP) is 3.88. The third kappa shape index (κ3) is 3.27. The molecule has 0 aliphatic heterocycles. The van der Waals surface area contributed by atoms with Crippen molar-refractivity contribution in [1.82, 2.24) is 4.98 Å². The van der Waals surface area contributed by atoms with Crippen LogP contribution in [0.25, 0.3) is 0 Å². The van der Waals surface area contributed by atoms with E-state index in [0.717, 1.165) is 22.3 Å². The van der Waals surface area contributed by atoms with Crippen molar-refractivity contribution in [2.75, 3.05) is 4.72 Å². The van der Waals surface area contributed by atoms with Crippen LogP contribution >= 0.6 is 15.9 Å². The Hall–Kier alpha value is -1.40. The monoisotopic (exact) mass is 368 g/mol. The SMILES string of the molecule is Cc1cc(C)c(C)c(S(=O)(=O)Nc2cccc(Br)n2)c1C. The van der Waals surface area contributed by atoms with Gasteiger partial charge in [0.25, 0.3) is 10.0 Å². The van der Waals surface area contributed by atoms with Gasteiger partial charge in [-0.2, -0.15) is 0 Å². The topological polar surface area (TPSA) is 59.1 Å². The van der Waals surface area contributed by atoms with Crippen LogP contribution in [0.2, 0.25) is 0 Å². The molecule has 0 aliphatic rings. The minimum Gasteiger partial charge on any atom is -0.263 e. The van der Waals surface area contributed by atoms with E-state index in [1.165, 1.54) is 0 Å².